The monoisotopic (exact) mass is 280 g/mol. The summed E-state index contributed by atoms with van der Waals surface area (Å²) in [5, 5.41) is 2.74. The second-order valence-electron chi connectivity index (χ2n) is 4.19. The van der Waals surface area contributed by atoms with Gasteiger partial charge in [-0.2, -0.15) is 0 Å². The van der Waals surface area contributed by atoms with Gasteiger partial charge in [0, 0.05) is 6.92 Å². The minimum absolute atomic E-state index is 0.103. The Morgan fingerprint density at radius 3 is 2.40 bits per heavy atom. The molecule has 1 aromatic carbocycles. The van der Waals surface area contributed by atoms with Crippen LogP contribution in [0.5, 0.6) is 5.75 Å². The zero-order valence-electron chi connectivity index (χ0n) is 11.9. The van der Waals surface area contributed by atoms with Gasteiger partial charge in [-0.3, -0.25) is 14.4 Å². The number of rotatable bonds is 7. The van der Waals surface area contributed by atoms with Gasteiger partial charge in [-0.15, -0.1) is 0 Å². The number of carbonyl (C=O) groups is 2. The van der Waals surface area contributed by atoms with E-state index in [1.165, 1.54) is 6.92 Å². The van der Waals surface area contributed by atoms with Crippen LogP contribution in [0.15, 0.2) is 24.3 Å². The van der Waals surface area contributed by atoms with E-state index in [4.69, 9.17) is 9.57 Å². The van der Waals surface area contributed by atoms with Gasteiger partial charge >= 0.3 is 0 Å². The average Bonchev–Trinajstić information content (AvgIpc) is 2.44. The Bertz CT molecular complexity index is 445. The smallest absolute Gasteiger partial charge is 0.245 e. The van der Waals surface area contributed by atoms with E-state index in [1.54, 1.807) is 26.2 Å². The fourth-order valence-electron chi connectivity index (χ4n) is 1.71. The van der Waals surface area contributed by atoms with Crippen molar-refractivity contribution < 1.29 is 19.2 Å². The normalized spacial score (nSPS) is 11.6. The molecular weight excluding hydrogens is 260 g/mol. The summed E-state index contributed by atoms with van der Waals surface area (Å²) in [5.41, 5.74) is 3.14. The summed E-state index contributed by atoms with van der Waals surface area (Å²) in [5.74, 6) is 0.227. The average molecular weight is 280 g/mol. The van der Waals surface area contributed by atoms with E-state index in [0.717, 1.165) is 5.56 Å². The molecule has 0 saturated carbocycles. The Morgan fingerprint density at radius 1 is 1.25 bits per heavy atom. The van der Waals surface area contributed by atoms with Crippen LogP contribution in [0.2, 0.25) is 0 Å². The van der Waals surface area contributed by atoms with Crippen molar-refractivity contribution in [1.82, 2.24) is 10.8 Å². The molecule has 2 N–H and O–H groups in total. The van der Waals surface area contributed by atoms with Gasteiger partial charge in [0.05, 0.1) is 26.2 Å². The van der Waals surface area contributed by atoms with Crippen LogP contribution in [0.25, 0.3) is 0 Å². The zero-order valence-corrected chi connectivity index (χ0v) is 11.9. The number of amides is 2. The molecule has 2 amide bonds. The molecule has 0 heterocycles. The first-order valence-corrected chi connectivity index (χ1v) is 6.38. The highest BCUT2D eigenvalue weighted by Crippen LogP contribution is 2.20. The number of hydrogen-bond acceptors (Lipinski definition) is 4. The highest BCUT2D eigenvalue weighted by molar-refractivity contribution is 5.78. The van der Waals surface area contributed by atoms with Crippen LogP contribution in [-0.2, 0) is 14.4 Å². The van der Waals surface area contributed by atoms with Crippen molar-refractivity contribution >= 4 is 11.8 Å². The lowest BCUT2D eigenvalue weighted by molar-refractivity contribution is -0.134. The molecule has 0 spiro atoms. The molecule has 0 aliphatic heterocycles. The van der Waals surface area contributed by atoms with Crippen LogP contribution in [-0.4, -0.2) is 25.5 Å². The highest BCUT2D eigenvalue weighted by atomic mass is 16.6. The molecule has 0 bridgehead atoms. The molecule has 6 nitrogen and oxygen atoms in total. The van der Waals surface area contributed by atoms with E-state index >= 15 is 0 Å². The minimum atomic E-state index is -0.404. The molecule has 0 radical (unpaired) electrons. The van der Waals surface area contributed by atoms with E-state index in [2.05, 4.69) is 10.8 Å². The standard InChI is InChI=1S/C14H20N2O4/c1-4-20-16-14(18)9-13(15-10(2)17)11-5-7-12(19-3)8-6-11/h5-8,13H,4,9H2,1-3H3,(H,15,17)(H,16,18). The summed E-state index contributed by atoms with van der Waals surface area (Å²) >= 11 is 0. The lowest BCUT2D eigenvalue weighted by Crippen LogP contribution is -2.32. The van der Waals surface area contributed by atoms with E-state index in [9.17, 15) is 9.59 Å². The number of ether oxygens (including phenoxy) is 1. The molecule has 20 heavy (non-hydrogen) atoms. The minimum Gasteiger partial charge on any atom is -0.497 e. The summed E-state index contributed by atoms with van der Waals surface area (Å²) in [6, 6.07) is 6.79. The summed E-state index contributed by atoms with van der Waals surface area (Å²) in [7, 11) is 1.58. The maximum Gasteiger partial charge on any atom is 0.245 e. The Balaban J connectivity index is 2.76. The third-order valence-corrected chi connectivity index (χ3v) is 2.62. The number of nitrogens with one attached hydrogen (secondary N) is 2. The van der Waals surface area contributed by atoms with Crippen molar-refractivity contribution in [3.63, 3.8) is 0 Å². The van der Waals surface area contributed by atoms with Crippen molar-refractivity contribution in [2.24, 2.45) is 0 Å². The van der Waals surface area contributed by atoms with E-state index < -0.39 is 6.04 Å². The SMILES string of the molecule is CCONC(=O)CC(NC(C)=O)c1ccc(OC)cc1. The molecule has 6 heteroatoms. The van der Waals surface area contributed by atoms with E-state index in [0.29, 0.717) is 12.4 Å². The van der Waals surface area contributed by atoms with Crippen LogP contribution in [0.4, 0.5) is 0 Å². The van der Waals surface area contributed by atoms with Gasteiger partial charge in [-0.05, 0) is 24.6 Å². The molecule has 0 aliphatic rings. The lowest BCUT2D eigenvalue weighted by atomic mass is 10.0. The molecule has 0 aromatic heterocycles. The van der Waals surface area contributed by atoms with Gasteiger partial charge < -0.3 is 10.1 Å². The summed E-state index contributed by atoms with van der Waals surface area (Å²) in [6.45, 7) is 3.57. The molecule has 1 atom stereocenters. The van der Waals surface area contributed by atoms with Crippen LogP contribution < -0.4 is 15.5 Å². The van der Waals surface area contributed by atoms with Crippen LogP contribution >= 0.6 is 0 Å². The lowest BCUT2D eigenvalue weighted by Gasteiger charge is -2.18. The van der Waals surface area contributed by atoms with Crippen molar-refractivity contribution in [1.29, 1.82) is 0 Å². The second kappa shape index (κ2) is 8.16. The molecule has 1 rings (SSSR count). The second-order valence-corrected chi connectivity index (χ2v) is 4.19. The van der Waals surface area contributed by atoms with Crippen molar-refractivity contribution in [2.75, 3.05) is 13.7 Å². The molecule has 0 aliphatic carbocycles. The fraction of sp³-hybridized carbons (Fsp3) is 0.429. The predicted octanol–water partition coefficient (Wildman–Crippen LogP) is 1.33. The van der Waals surface area contributed by atoms with E-state index in [1.807, 2.05) is 12.1 Å². The summed E-state index contributed by atoms with van der Waals surface area (Å²) in [6.07, 6.45) is 0.103. The van der Waals surface area contributed by atoms with Crippen LogP contribution in [0.3, 0.4) is 0 Å². The Kier molecular flexibility index (Phi) is 6.52. The van der Waals surface area contributed by atoms with Gasteiger partial charge in [0.2, 0.25) is 11.8 Å². The van der Waals surface area contributed by atoms with E-state index in [-0.39, 0.29) is 18.2 Å². The van der Waals surface area contributed by atoms with Gasteiger partial charge in [0.15, 0.2) is 0 Å². The van der Waals surface area contributed by atoms with Gasteiger partial charge in [0.25, 0.3) is 0 Å². The number of benzene rings is 1. The molecule has 0 fully saturated rings. The first-order valence-electron chi connectivity index (χ1n) is 6.38. The number of hydroxylamine groups is 1. The van der Waals surface area contributed by atoms with Gasteiger partial charge in [-0.25, -0.2) is 5.48 Å². The van der Waals surface area contributed by atoms with Gasteiger partial charge in [0.1, 0.15) is 5.75 Å². The first-order chi connectivity index (χ1) is 9.56. The van der Waals surface area contributed by atoms with Crippen molar-refractivity contribution in [3.8, 4) is 5.75 Å². The van der Waals surface area contributed by atoms with Gasteiger partial charge in [-0.1, -0.05) is 12.1 Å². The Labute approximate surface area is 118 Å². The van der Waals surface area contributed by atoms with Crippen LogP contribution in [0, 0.1) is 0 Å². The maximum atomic E-state index is 11.7. The molecule has 1 unspecified atom stereocenters. The number of hydrogen-bond donors (Lipinski definition) is 2. The summed E-state index contributed by atoms with van der Waals surface area (Å²) in [4.78, 5) is 27.8. The third-order valence-electron chi connectivity index (χ3n) is 2.62. The molecule has 0 saturated heterocycles. The summed E-state index contributed by atoms with van der Waals surface area (Å²) < 4.78 is 5.08. The highest BCUT2D eigenvalue weighted by Gasteiger charge is 2.17. The topological polar surface area (TPSA) is 76.7 Å². The quantitative estimate of drug-likeness (QED) is 0.739. The maximum absolute atomic E-state index is 11.7. The molecule has 110 valence electrons. The first kappa shape index (κ1) is 16.0. The molecule has 1 aromatic rings. The van der Waals surface area contributed by atoms with Crippen molar-refractivity contribution in [3.05, 3.63) is 29.8 Å². The molecular formula is C14H20N2O4. The predicted molar refractivity (Wildman–Crippen MR) is 73.9 cm³/mol. The number of methoxy groups -OCH3 is 1. The number of carbonyl (C=O) groups excluding carboxylic acids is 2. The Morgan fingerprint density at radius 2 is 1.90 bits per heavy atom. The third kappa shape index (κ3) is 5.27. The Hall–Kier alpha value is -2.08. The van der Waals surface area contributed by atoms with Crippen molar-refractivity contribution in [2.45, 2.75) is 26.3 Å². The fourth-order valence-corrected chi connectivity index (χ4v) is 1.71. The largest absolute Gasteiger partial charge is 0.497 e. The zero-order chi connectivity index (χ0) is 15.0. The van der Waals surface area contributed by atoms with Crippen LogP contribution in [0.1, 0.15) is 31.9 Å².